The number of hydrogen-bond donors (Lipinski definition) is 2. The summed E-state index contributed by atoms with van der Waals surface area (Å²) < 4.78 is 10.5. The van der Waals surface area contributed by atoms with Gasteiger partial charge in [-0.3, -0.25) is 4.79 Å². The van der Waals surface area contributed by atoms with Crippen LogP contribution in [0.3, 0.4) is 0 Å². The summed E-state index contributed by atoms with van der Waals surface area (Å²) in [5.41, 5.74) is 3.57. The first-order valence-electron chi connectivity index (χ1n) is 7.68. The molecule has 2 aromatic rings. The normalized spacial score (nSPS) is 13.1. The number of benzene rings is 2. The second-order valence-corrected chi connectivity index (χ2v) is 5.92. The van der Waals surface area contributed by atoms with Gasteiger partial charge in [0.1, 0.15) is 11.5 Å². The van der Waals surface area contributed by atoms with E-state index in [0.29, 0.717) is 22.1 Å². The SMILES string of the molecule is COc1cc(OC)c(C(=O)Nc2cccc3c2CCNC3)cc1Cl. The second-order valence-electron chi connectivity index (χ2n) is 5.51. The number of fused-ring (bicyclic) bond motifs is 1. The van der Waals surface area contributed by atoms with Crippen LogP contribution in [0.15, 0.2) is 30.3 Å². The van der Waals surface area contributed by atoms with Crippen LogP contribution in [0.5, 0.6) is 11.5 Å². The molecule has 0 atom stereocenters. The first kappa shape index (κ1) is 16.6. The van der Waals surface area contributed by atoms with E-state index in [2.05, 4.69) is 16.7 Å². The molecule has 126 valence electrons. The Kier molecular flexibility index (Phi) is 4.92. The number of nitrogens with one attached hydrogen (secondary N) is 2. The maximum atomic E-state index is 12.7. The summed E-state index contributed by atoms with van der Waals surface area (Å²) in [7, 11) is 3.03. The molecule has 0 saturated carbocycles. The molecule has 0 fully saturated rings. The summed E-state index contributed by atoms with van der Waals surface area (Å²) >= 11 is 6.15. The number of anilines is 1. The van der Waals surface area contributed by atoms with Gasteiger partial charge in [0.2, 0.25) is 0 Å². The first-order valence-corrected chi connectivity index (χ1v) is 8.06. The average molecular weight is 347 g/mol. The highest BCUT2D eigenvalue weighted by atomic mass is 35.5. The van der Waals surface area contributed by atoms with Gasteiger partial charge in [0, 0.05) is 18.3 Å². The first-order chi connectivity index (χ1) is 11.6. The Balaban J connectivity index is 1.92. The Morgan fingerprint density at radius 1 is 1.21 bits per heavy atom. The van der Waals surface area contributed by atoms with Crippen LogP contribution in [0.4, 0.5) is 5.69 Å². The number of rotatable bonds is 4. The van der Waals surface area contributed by atoms with Crippen molar-refractivity contribution in [2.75, 3.05) is 26.1 Å². The van der Waals surface area contributed by atoms with Crippen molar-refractivity contribution in [2.24, 2.45) is 0 Å². The summed E-state index contributed by atoms with van der Waals surface area (Å²) in [4.78, 5) is 12.7. The van der Waals surface area contributed by atoms with E-state index in [0.717, 1.165) is 25.2 Å². The van der Waals surface area contributed by atoms with Gasteiger partial charge in [-0.05, 0) is 36.2 Å². The number of carbonyl (C=O) groups excluding carboxylic acids is 1. The van der Waals surface area contributed by atoms with Crippen LogP contribution in [-0.2, 0) is 13.0 Å². The molecule has 1 amide bonds. The third-order valence-electron chi connectivity index (χ3n) is 4.11. The predicted molar refractivity (Wildman–Crippen MR) is 94.4 cm³/mol. The summed E-state index contributed by atoms with van der Waals surface area (Å²) in [6.45, 7) is 1.72. The number of hydrogen-bond acceptors (Lipinski definition) is 4. The molecule has 2 aromatic carbocycles. The Morgan fingerprint density at radius 3 is 2.75 bits per heavy atom. The lowest BCUT2D eigenvalue weighted by Crippen LogP contribution is -2.25. The fraction of sp³-hybridized carbons (Fsp3) is 0.278. The van der Waals surface area contributed by atoms with Crippen LogP contribution in [0, 0.1) is 0 Å². The molecular formula is C18H19ClN2O3. The van der Waals surface area contributed by atoms with Crippen molar-refractivity contribution >= 4 is 23.2 Å². The zero-order valence-electron chi connectivity index (χ0n) is 13.6. The molecule has 0 aromatic heterocycles. The van der Waals surface area contributed by atoms with Crippen molar-refractivity contribution in [3.05, 3.63) is 52.0 Å². The second kappa shape index (κ2) is 7.11. The van der Waals surface area contributed by atoms with Gasteiger partial charge >= 0.3 is 0 Å². The molecule has 24 heavy (non-hydrogen) atoms. The molecule has 3 rings (SSSR count). The summed E-state index contributed by atoms with van der Waals surface area (Å²) in [6.07, 6.45) is 0.881. The topological polar surface area (TPSA) is 59.6 Å². The molecule has 0 radical (unpaired) electrons. The zero-order valence-corrected chi connectivity index (χ0v) is 14.4. The van der Waals surface area contributed by atoms with Crippen molar-refractivity contribution in [2.45, 2.75) is 13.0 Å². The minimum Gasteiger partial charge on any atom is -0.496 e. The molecule has 0 spiro atoms. The third-order valence-corrected chi connectivity index (χ3v) is 4.40. The van der Waals surface area contributed by atoms with Crippen molar-refractivity contribution < 1.29 is 14.3 Å². The van der Waals surface area contributed by atoms with E-state index in [1.807, 2.05) is 12.1 Å². The van der Waals surface area contributed by atoms with Crippen LogP contribution in [-0.4, -0.2) is 26.7 Å². The molecule has 5 nitrogen and oxygen atoms in total. The number of amides is 1. The minimum atomic E-state index is -0.261. The highest BCUT2D eigenvalue weighted by molar-refractivity contribution is 6.32. The smallest absolute Gasteiger partial charge is 0.259 e. The molecule has 0 aliphatic carbocycles. The van der Waals surface area contributed by atoms with E-state index >= 15 is 0 Å². The lowest BCUT2D eigenvalue weighted by atomic mass is 9.99. The molecule has 0 saturated heterocycles. The van der Waals surface area contributed by atoms with Crippen molar-refractivity contribution in [3.8, 4) is 11.5 Å². The molecule has 6 heteroatoms. The van der Waals surface area contributed by atoms with Crippen molar-refractivity contribution in [1.82, 2.24) is 5.32 Å². The molecular weight excluding hydrogens is 328 g/mol. The highest BCUT2D eigenvalue weighted by Gasteiger charge is 2.19. The number of methoxy groups -OCH3 is 2. The van der Waals surface area contributed by atoms with Gasteiger partial charge in [0.05, 0.1) is 24.8 Å². The number of carbonyl (C=O) groups is 1. The highest BCUT2D eigenvalue weighted by Crippen LogP contribution is 2.33. The molecule has 2 N–H and O–H groups in total. The minimum absolute atomic E-state index is 0.261. The Hall–Kier alpha value is -2.24. The van der Waals surface area contributed by atoms with E-state index in [9.17, 15) is 4.79 Å². The summed E-state index contributed by atoms with van der Waals surface area (Å²) in [5, 5.41) is 6.67. The molecule has 1 heterocycles. The standard InChI is InChI=1S/C18H19ClN2O3/c1-23-16-9-17(24-2)14(19)8-13(16)18(22)21-15-5-3-4-11-10-20-7-6-12(11)15/h3-5,8-9,20H,6-7,10H2,1-2H3,(H,21,22). The van der Waals surface area contributed by atoms with Crippen LogP contribution < -0.4 is 20.1 Å². The number of ether oxygens (including phenoxy) is 2. The van der Waals surface area contributed by atoms with E-state index in [1.165, 1.54) is 25.3 Å². The maximum Gasteiger partial charge on any atom is 0.259 e. The largest absolute Gasteiger partial charge is 0.496 e. The fourth-order valence-electron chi connectivity index (χ4n) is 2.88. The lowest BCUT2D eigenvalue weighted by molar-refractivity contribution is 0.102. The predicted octanol–water partition coefficient (Wildman–Crippen LogP) is 3.26. The fourth-order valence-corrected chi connectivity index (χ4v) is 3.12. The van der Waals surface area contributed by atoms with E-state index in [4.69, 9.17) is 21.1 Å². The van der Waals surface area contributed by atoms with Crippen molar-refractivity contribution in [3.63, 3.8) is 0 Å². The van der Waals surface area contributed by atoms with Crippen LogP contribution >= 0.6 is 11.6 Å². The average Bonchev–Trinajstić information content (AvgIpc) is 2.61. The van der Waals surface area contributed by atoms with Gasteiger partial charge in [-0.25, -0.2) is 0 Å². The summed E-state index contributed by atoms with van der Waals surface area (Å²) in [5.74, 6) is 0.622. The monoisotopic (exact) mass is 346 g/mol. The van der Waals surface area contributed by atoms with Crippen LogP contribution in [0.25, 0.3) is 0 Å². The number of halogens is 1. The van der Waals surface area contributed by atoms with Crippen LogP contribution in [0.2, 0.25) is 5.02 Å². The Labute approximate surface area is 145 Å². The van der Waals surface area contributed by atoms with Gasteiger partial charge in [0.15, 0.2) is 0 Å². The van der Waals surface area contributed by atoms with E-state index in [-0.39, 0.29) is 5.91 Å². The van der Waals surface area contributed by atoms with E-state index < -0.39 is 0 Å². The summed E-state index contributed by atoms with van der Waals surface area (Å²) in [6, 6.07) is 9.11. The van der Waals surface area contributed by atoms with Gasteiger partial charge in [-0.2, -0.15) is 0 Å². The maximum absolute atomic E-state index is 12.7. The lowest BCUT2D eigenvalue weighted by Gasteiger charge is -2.21. The molecule has 0 bridgehead atoms. The molecule has 1 aliphatic rings. The van der Waals surface area contributed by atoms with Gasteiger partial charge in [0.25, 0.3) is 5.91 Å². The van der Waals surface area contributed by atoms with Crippen LogP contribution in [0.1, 0.15) is 21.5 Å². The van der Waals surface area contributed by atoms with Gasteiger partial charge in [-0.15, -0.1) is 0 Å². The quantitative estimate of drug-likeness (QED) is 0.892. The molecule has 0 unspecified atom stereocenters. The zero-order chi connectivity index (χ0) is 17.1. The third kappa shape index (κ3) is 3.18. The van der Waals surface area contributed by atoms with E-state index in [1.54, 1.807) is 12.1 Å². The Bertz CT molecular complexity index is 777. The Morgan fingerprint density at radius 2 is 2.00 bits per heavy atom. The van der Waals surface area contributed by atoms with Gasteiger partial charge < -0.3 is 20.1 Å². The van der Waals surface area contributed by atoms with Gasteiger partial charge in [-0.1, -0.05) is 23.7 Å². The molecule has 1 aliphatic heterocycles. The van der Waals surface area contributed by atoms with Crippen molar-refractivity contribution in [1.29, 1.82) is 0 Å².